The molecule has 6 nitrogen and oxygen atoms in total. The van der Waals surface area contributed by atoms with E-state index in [2.05, 4.69) is 44.2 Å². The number of hydrogen-bond acceptors (Lipinski definition) is 5. The molecule has 0 heterocycles. The minimum Gasteiger partial charge on any atom is -0.508 e. The molecule has 0 aliphatic heterocycles. The molecular weight excluding hydrogens is 534 g/mol. The predicted molar refractivity (Wildman–Crippen MR) is 164 cm³/mol. The molecule has 7 heteroatoms. The Morgan fingerprint density at radius 1 is 1.02 bits per heavy atom. The normalized spacial score (nSPS) is 29.1. The van der Waals surface area contributed by atoms with E-state index in [1.165, 1.54) is 21.0 Å². The van der Waals surface area contributed by atoms with Gasteiger partial charge in [-0.05, 0) is 128 Å². The van der Waals surface area contributed by atoms with Crippen LogP contribution in [0.25, 0.3) is 0 Å². The second kappa shape index (κ2) is 12.6. The molecule has 2 N–H and O–H groups in total. The third-order valence-electron chi connectivity index (χ3n) is 10.6. The molecule has 226 valence electrons. The maximum atomic E-state index is 12.4. The number of hydrogen-bond donors (Lipinski definition) is 2. The second-order valence-electron chi connectivity index (χ2n) is 13.1. The Balaban J connectivity index is 1.21. The maximum absolute atomic E-state index is 12.4. The first kappa shape index (κ1) is 30.4. The average molecular weight is 584 g/mol. The number of aromatic hydroxyl groups is 1. The topological polar surface area (TPSA) is 87.1 Å². The number of aliphatic hydroxyl groups is 1. The van der Waals surface area contributed by atoms with Crippen LogP contribution in [0.1, 0.15) is 100 Å². The fourth-order valence-corrected chi connectivity index (χ4v) is 9.52. The Kier molecular flexibility index (Phi) is 9.37. The van der Waals surface area contributed by atoms with E-state index < -0.39 is 10.0 Å². The van der Waals surface area contributed by atoms with Crippen molar-refractivity contribution in [2.75, 3.05) is 26.0 Å². The Labute approximate surface area is 247 Å². The minimum absolute atomic E-state index is 0.0618. The van der Waals surface area contributed by atoms with Crippen LogP contribution in [0.2, 0.25) is 0 Å². The van der Waals surface area contributed by atoms with E-state index in [9.17, 15) is 18.6 Å². The standard InChI is InChI=1S/C34H49NO5S/c1-4-5-19-35(3)41(38,39)21-8-6-7-20-40-27-13-9-24(10-14-27)30-23-34(2)31(17-18-32(34)37)29-15-11-25-22-26(36)12-16-28(25)33(29)30/h9-10,12-14,16,22,29-33,36-37H,4-8,11,15,17-21,23H2,1-3H3/t29?,30-,31?,32+,33?,34+/m1/s1. The molecule has 0 bridgehead atoms. The lowest BCUT2D eigenvalue weighted by atomic mass is 9.51. The molecule has 2 saturated carbocycles. The van der Waals surface area contributed by atoms with Gasteiger partial charge in [0.25, 0.3) is 0 Å². The Morgan fingerprint density at radius 2 is 1.80 bits per heavy atom. The molecule has 2 aromatic rings. The van der Waals surface area contributed by atoms with Crippen molar-refractivity contribution in [2.24, 2.45) is 17.3 Å². The van der Waals surface area contributed by atoms with Gasteiger partial charge in [-0.3, -0.25) is 0 Å². The van der Waals surface area contributed by atoms with Crippen molar-refractivity contribution in [1.29, 1.82) is 0 Å². The molecule has 6 atom stereocenters. The van der Waals surface area contributed by atoms with Crippen LogP contribution in [0.5, 0.6) is 11.5 Å². The summed E-state index contributed by atoms with van der Waals surface area (Å²) in [5, 5.41) is 21.2. The van der Waals surface area contributed by atoms with Crippen LogP contribution in [0, 0.1) is 17.3 Å². The summed E-state index contributed by atoms with van der Waals surface area (Å²) < 4.78 is 32.3. The van der Waals surface area contributed by atoms with Crippen LogP contribution < -0.4 is 4.74 Å². The lowest BCUT2D eigenvalue weighted by Gasteiger charge is -2.54. The highest BCUT2D eigenvalue weighted by molar-refractivity contribution is 7.89. The largest absolute Gasteiger partial charge is 0.508 e. The molecule has 0 saturated heterocycles. The number of aryl methyl sites for hydroxylation is 1. The molecule has 0 radical (unpaired) electrons. The summed E-state index contributed by atoms with van der Waals surface area (Å²) in [6.45, 7) is 5.55. The monoisotopic (exact) mass is 583 g/mol. The number of phenolic OH excluding ortho intramolecular Hbond substituents is 1. The summed E-state index contributed by atoms with van der Waals surface area (Å²) in [5.74, 6) is 3.16. The number of unbranched alkanes of at least 4 members (excludes halogenated alkanes) is 3. The molecule has 0 aromatic heterocycles. The van der Waals surface area contributed by atoms with Crippen molar-refractivity contribution < 1.29 is 23.4 Å². The quantitative estimate of drug-likeness (QED) is 0.275. The Morgan fingerprint density at radius 3 is 2.56 bits per heavy atom. The van der Waals surface area contributed by atoms with Crippen LogP contribution in [0.3, 0.4) is 0 Å². The third kappa shape index (κ3) is 6.33. The predicted octanol–water partition coefficient (Wildman–Crippen LogP) is 6.61. The lowest BCUT2D eigenvalue weighted by molar-refractivity contribution is -0.0323. The number of aliphatic hydroxyl groups excluding tert-OH is 1. The summed E-state index contributed by atoms with van der Waals surface area (Å²) in [6.07, 6.45) is 9.01. The summed E-state index contributed by atoms with van der Waals surface area (Å²) in [6, 6.07) is 14.5. The smallest absolute Gasteiger partial charge is 0.213 e. The maximum Gasteiger partial charge on any atom is 0.213 e. The van der Waals surface area contributed by atoms with Crippen molar-refractivity contribution >= 4 is 10.0 Å². The summed E-state index contributed by atoms with van der Waals surface area (Å²) in [5.41, 5.74) is 3.89. The molecule has 0 amide bonds. The zero-order valence-corrected chi connectivity index (χ0v) is 25.9. The van der Waals surface area contributed by atoms with E-state index in [1.54, 1.807) is 7.05 Å². The van der Waals surface area contributed by atoms with Crippen molar-refractivity contribution in [1.82, 2.24) is 4.31 Å². The average Bonchev–Trinajstić information content (AvgIpc) is 3.26. The van der Waals surface area contributed by atoms with E-state index in [0.29, 0.717) is 49.0 Å². The fraction of sp³-hybridized carbons (Fsp3) is 0.647. The zero-order valence-electron chi connectivity index (χ0n) is 25.1. The summed E-state index contributed by atoms with van der Waals surface area (Å²) in [7, 11) is -1.49. The molecule has 3 unspecified atom stereocenters. The number of sulfonamides is 1. The molecule has 5 rings (SSSR count). The molecule has 41 heavy (non-hydrogen) atoms. The van der Waals surface area contributed by atoms with Gasteiger partial charge >= 0.3 is 0 Å². The van der Waals surface area contributed by atoms with Gasteiger partial charge in [0.15, 0.2) is 0 Å². The van der Waals surface area contributed by atoms with Crippen LogP contribution in [-0.4, -0.2) is 55.0 Å². The molecule has 0 spiro atoms. The van der Waals surface area contributed by atoms with Crippen molar-refractivity contribution in [3.63, 3.8) is 0 Å². The number of nitrogens with zero attached hydrogens (tertiary/aromatic N) is 1. The third-order valence-corrected chi connectivity index (χ3v) is 12.5. The number of ether oxygens (including phenoxy) is 1. The van der Waals surface area contributed by atoms with Crippen LogP contribution in [0.4, 0.5) is 0 Å². The van der Waals surface area contributed by atoms with Gasteiger partial charge in [-0.25, -0.2) is 12.7 Å². The van der Waals surface area contributed by atoms with Crippen LogP contribution in [0.15, 0.2) is 42.5 Å². The summed E-state index contributed by atoms with van der Waals surface area (Å²) >= 11 is 0. The van der Waals surface area contributed by atoms with Crippen molar-refractivity contribution in [3.8, 4) is 11.5 Å². The van der Waals surface area contributed by atoms with Gasteiger partial charge in [0.05, 0.1) is 18.5 Å². The van der Waals surface area contributed by atoms with Gasteiger partial charge < -0.3 is 14.9 Å². The lowest BCUT2D eigenvalue weighted by Crippen LogP contribution is -2.47. The van der Waals surface area contributed by atoms with Gasteiger partial charge in [-0.2, -0.15) is 0 Å². The highest BCUT2D eigenvalue weighted by Gasteiger charge is 2.57. The highest BCUT2D eigenvalue weighted by Crippen LogP contribution is 2.65. The molecule has 2 aromatic carbocycles. The van der Waals surface area contributed by atoms with E-state index >= 15 is 0 Å². The highest BCUT2D eigenvalue weighted by atomic mass is 32.2. The number of benzene rings is 2. The van der Waals surface area contributed by atoms with Gasteiger partial charge in [-0.1, -0.05) is 38.5 Å². The molecular formula is C34H49NO5S. The van der Waals surface area contributed by atoms with Gasteiger partial charge in [0.1, 0.15) is 11.5 Å². The first-order valence-electron chi connectivity index (χ1n) is 15.8. The van der Waals surface area contributed by atoms with E-state index in [-0.39, 0.29) is 17.3 Å². The number of fused-ring (bicyclic) bond motifs is 5. The van der Waals surface area contributed by atoms with E-state index in [0.717, 1.165) is 63.5 Å². The summed E-state index contributed by atoms with van der Waals surface area (Å²) in [4.78, 5) is 0. The van der Waals surface area contributed by atoms with Crippen molar-refractivity contribution in [2.45, 2.75) is 96.0 Å². The van der Waals surface area contributed by atoms with Gasteiger partial charge in [-0.15, -0.1) is 0 Å². The van der Waals surface area contributed by atoms with Crippen LogP contribution in [-0.2, 0) is 16.4 Å². The number of phenols is 1. The van der Waals surface area contributed by atoms with E-state index in [1.807, 2.05) is 12.1 Å². The zero-order chi connectivity index (χ0) is 29.2. The SMILES string of the molecule is CCCCN(C)S(=O)(=O)CCCCCOc1ccc([C@H]2C[C@@]3(C)C(CC[C@@H]3O)C3CCc4cc(O)ccc4C32)cc1. The van der Waals surface area contributed by atoms with Gasteiger partial charge in [0, 0.05) is 13.6 Å². The van der Waals surface area contributed by atoms with Crippen molar-refractivity contribution in [3.05, 3.63) is 59.2 Å². The molecule has 3 aliphatic carbocycles. The Hall–Kier alpha value is -2.09. The first-order chi connectivity index (χ1) is 19.6. The second-order valence-corrected chi connectivity index (χ2v) is 15.3. The van der Waals surface area contributed by atoms with E-state index in [4.69, 9.17) is 4.74 Å². The molecule has 2 fully saturated rings. The first-order valence-corrected chi connectivity index (χ1v) is 17.4. The molecule has 3 aliphatic rings. The fourth-order valence-electron chi connectivity index (χ4n) is 8.23. The Bertz CT molecular complexity index is 1280. The number of rotatable bonds is 12. The van der Waals surface area contributed by atoms with Crippen LogP contribution >= 0.6 is 0 Å². The van der Waals surface area contributed by atoms with Gasteiger partial charge in [0.2, 0.25) is 10.0 Å². The minimum atomic E-state index is -3.17.